The van der Waals surface area contributed by atoms with E-state index >= 15 is 0 Å². The van der Waals surface area contributed by atoms with Gasteiger partial charge in [0.25, 0.3) is 5.69 Å². The Balaban J connectivity index is 1.96. The summed E-state index contributed by atoms with van der Waals surface area (Å²) in [6.07, 6.45) is 2.04. The highest BCUT2D eigenvalue weighted by Gasteiger charge is 2.35. The van der Waals surface area contributed by atoms with Gasteiger partial charge in [-0.15, -0.1) is 0 Å². The summed E-state index contributed by atoms with van der Waals surface area (Å²) in [4.78, 5) is 25.1. The number of urea groups is 1. The number of nitro benzene ring substituents is 1. The number of nitro groups is 1. The van der Waals surface area contributed by atoms with Crippen molar-refractivity contribution in [3.05, 3.63) is 70.3 Å². The zero-order chi connectivity index (χ0) is 18.2. The Hall–Kier alpha value is -3.15. The molecule has 1 aliphatic rings. The maximum absolute atomic E-state index is 12.9. The van der Waals surface area contributed by atoms with E-state index in [0.29, 0.717) is 5.69 Å². The van der Waals surface area contributed by atoms with Gasteiger partial charge in [-0.3, -0.25) is 15.0 Å². The first-order valence-electron chi connectivity index (χ1n) is 7.94. The lowest BCUT2D eigenvalue weighted by molar-refractivity contribution is -0.384. The largest absolute Gasteiger partial charge is 0.327 e. The molecule has 1 aliphatic heterocycles. The van der Waals surface area contributed by atoms with E-state index in [1.807, 2.05) is 51.1 Å². The van der Waals surface area contributed by atoms with Gasteiger partial charge in [0.15, 0.2) is 0 Å². The number of nitrogens with zero attached hydrogens (tertiary/aromatic N) is 2. The third kappa shape index (κ3) is 3.10. The topological polar surface area (TPSA) is 75.5 Å². The van der Waals surface area contributed by atoms with Crippen LogP contribution in [0.5, 0.6) is 0 Å². The van der Waals surface area contributed by atoms with E-state index in [-0.39, 0.29) is 11.7 Å². The molecule has 1 heterocycles. The van der Waals surface area contributed by atoms with Gasteiger partial charge in [0.2, 0.25) is 0 Å². The summed E-state index contributed by atoms with van der Waals surface area (Å²) in [5.74, 6) is 0. The van der Waals surface area contributed by atoms with Gasteiger partial charge in [0.05, 0.1) is 16.1 Å². The number of anilines is 2. The monoisotopic (exact) mass is 337 g/mol. The predicted molar refractivity (Wildman–Crippen MR) is 98.8 cm³/mol. The summed E-state index contributed by atoms with van der Waals surface area (Å²) < 4.78 is 0. The number of rotatable bonds is 2. The molecule has 2 amide bonds. The first-order valence-corrected chi connectivity index (χ1v) is 7.94. The molecule has 0 aliphatic carbocycles. The van der Waals surface area contributed by atoms with Gasteiger partial charge in [-0.2, -0.15) is 0 Å². The molecule has 2 aromatic carbocycles. The minimum atomic E-state index is -0.525. The Morgan fingerprint density at radius 2 is 1.88 bits per heavy atom. The summed E-state index contributed by atoms with van der Waals surface area (Å²) in [5.41, 5.74) is 2.72. The minimum Gasteiger partial charge on any atom is -0.307 e. The van der Waals surface area contributed by atoms with Gasteiger partial charge in [-0.25, -0.2) is 4.79 Å². The van der Waals surface area contributed by atoms with Crippen LogP contribution in [0.15, 0.2) is 54.6 Å². The van der Waals surface area contributed by atoms with Crippen LogP contribution in [0.3, 0.4) is 0 Å². The standard InChI is InChI=1S/C19H19N3O3/c1-13-12-19(2,3)21(17-10-5-4-9-16(13)17)18(23)20-14-7-6-8-15(11-14)22(24)25/h4-12H,1-3H3,(H,20,23). The second-order valence-corrected chi connectivity index (χ2v) is 6.57. The van der Waals surface area contributed by atoms with E-state index in [1.165, 1.54) is 12.1 Å². The van der Waals surface area contributed by atoms with Gasteiger partial charge in [-0.05, 0) is 38.5 Å². The Morgan fingerprint density at radius 3 is 2.60 bits per heavy atom. The molecule has 1 N–H and O–H groups in total. The molecule has 6 nitrogen and oxygen atoms in total. The molecule has 6 heteroatoms. The first-order chi connectivity index (χ1) is 11.8. The van der Waals surface area contributed by atoms with Crippen molar-refractivity contribution in [2.24, 2.45) is 0 Å². The van der Waals surface area contributed by atoms with Crippen molar-refractivity contribution >= 4 is 28.7 Å². The molecule has 0 fully saturated rings. The number of para-hydroxylation sites is 1. The average molecular weight is 337 g/mol. The summed E-state index contributed by atoms with van der Waals surface area (Å²) in [6, 6.07) is 13.3. The van der Waals surface area contributed by atoms with E-state index in [0.717, 1.165) is 16.8 Å². The first kappa shape index (κ1) is 16.7. The lowest BCUT2D eigenvalue weighted by Gasteiger charge is -2.41. The van der Waals surface area contributed by atoms with Crippen molar-refractivity contribution < 1.29 is 9.72 Å². The normalized spacial score (nSPS) is 15.2. The number of fused-ring (bicyclic) bond motifs is 1. The number of amides is 2. The van der Waals surface area contributed by atoms with Crippen molar-refractivity contribution in [2.75, 3.05) is 10.2 Å². The Bertz CT molecular complexity index is 887. The second-order valence-electron chi connectivity index (χ2n) is 6.57. The summed E-state index contributed by atoms with van der Waals surface area (Å²) in [5, 5.41) is 13.7. The molecule has 25 heavy (non-hydrogen) atoms. The van der Waals surface area contributed by atoms with Gasteiger partial charge in [-0.1, -0.05) is 30.3 Å². The molecule has 128 valence electrons. The molecular weight excluding hydrogens is 318 g/mol. The van der Waals surface area contributed by atoms with Crippen LogP contribution in [0.2, 0.25) is 0 Å². The molecular formula is C19H19N3O3. The SMILES string of the molecule is CC1=CC(C)(C)N(C(=O)Nc2cccc([N+](=O)[O-])c2)c2ccccc21. The van der Waals surface area contributed by atoms with Crippen LogP contribution < -0.4 is 10.2 Å². The Labute approximate surface area is 145 Å². The van der Waals surface area contributed by atoms with Crippen LogP contribution in [-0.4, -0.2) is 16.5 Å². The average Bonchev–Trinajstić information content (AvgIpc) is 2.54. The van der Waals surface area contributed by atoms with Crippen LogP contribution in [-0.2, 0) is 0 Å². The fraction of sp³-hybridized carbons (Fsp3) is 0.211. The summed E-state index contributed by atoms with van der Waals surface area (Å²) in [6.45, 7) is 5.94. The molecule has 0 saturated heterocycles. The molecule has 0 aromatic heterocycles. The van der Waals surface area contributed by atoms with Crippen molar-refractivity contribution in [3.63, 3.8) is 0 Å². The molecule has 0 unspecified atom stereocenters. The lowest BCUT2D eigenvalue weighted by atomic mass is 9.89. The number of carbonyl (C=O) groups excluding carboxylic acids is 1. The number of nitrogens with one attached hydrogen (secondary N) is 1. The predicted octanol–water partition coefficient (Wildman–Crippen LogP) is 4.83. The van der Waals surface area contributed by atoms with Crippen LogP contribution in [0, 0.1) is 10.1 Å². The fourth-order valence-electron chi connectivity index (χ4n) is 3.23. The zero-order valence-corrected chi connectivity index (χ0v) is 14.3. The van der Waals surface area contributed by atoms with Crippen LogP contribution in [0.1, 0.15) is 26.3 Å². The van der Waals surface area contributed by atoms with E-state index in [4.69, 9.17) is 0 Å². The minimum absolute atomic E-state index is 0.0631. The number of hydrogen-bond acceptors (Lipinski definition) is 3. The molecule has 2 aromatic rings. The number of allylic oxidation sites excluding steroid dienone is 1. The highest BCUT2D eigenvalue weighted by atomic mass is 16.6. The highest BCUT2D eigenvalue weighted by molar-refractivity contribution is 6.06. The molecule has 0 saturated carbocycles. The fourth-order valence-corrected chi connectivity index (χ4v) is 3.23. The van der Waals surface area contributed by atoms with Crippen LogP contribution in [0.4, 0.5) is 21.9 Å². The van der Waals surface area contributed by atoms with Crippen molar-refractivity contribution in [1.82, 2.24) is 0 Å². The van der Waals surface area contributed by atoms with Crippen LogP contribution >= 0.6 is 0 Å². The number of hydrogen-bond donors (Lipinski definition) is 1. The van der Waals surface area contributed by atoms with Crippen LogP contribution in [0.25, 0.3) is 5.57 Å². The van der Waals surface area contributed by atoms with Crippen molar-refractivity contribution in [2.45, 2.75) is 26.3 Å². The molecule has 0 atom stereocenters. The number of non-ortho nitro benzene ring substituents is 1. The third-order valence-corrected chi connectivity index (χ3v) is 4.23. The molecule has 0 radical (unpaired) electrons. The Morgan fingerprint density at radius 1 is 1.16 bits per heavy atom. The summed E-state index contributed by atoms with van der Waals surface area (Å²) >= 11 is 0. The quantitative estimate of drug-likeness (QED) is 0.630. The van der Waals surface area contributed by atoms with E-state index in [2.05, 4.69) is 5.32 Å². The summed E-state index contributed by atoms with van der Waals surface area (Å²) in [7, 11) is 0. The highest BCUT2D eigenvalue weighted by Crippen LogP contribution is 2.39. The van der Waals surface area contributed by atoms with Gasteiger partial charge < -0.3 is 5.32 Å². The third-order valence-electron chi connectivity index (χ3n) is 4.23. The van der Waals surface area contributed by atoms with E-state index < -0.39 is 10.5 Å². The smallest absolute Gasteiger partial charge is 0.307 e. The maximum atomic E-state index is 12.9. The maximum Gasteiger partial charge on any atom is 0.327 e. The zero-order valence-electron chi connectivity index (χ0n) is 14.3. The second kappa shape index (κ2) is 6.05. The lowest BCUT2D eigenvalue weighted by Crippen LogP contribution is -2.50. The number of benzene rings is 2. The number of carbonyl (C=O) groups is 1. The Kier molecular flexibility index (Phi) is 4.04. The molecule has 0 bridgehead atoms. The van der Waals surface area contributed by atoms with E-state index in [1.54, 1.807) is 17.0 Å². The van der Waals surface area contributed by atoms with Crippen molar-refractivity contribution in [3.8, 4) is 0 Å². The van der Waals surface area contributed by atoms with Gasteiger partial charge in [0, 0.05) is 23.4 Å². The molecule has 3 rings (SSSR count). The van der Waals surface area contributed by atoms with Gasteiger partial charge in [0.1, 0.15) is 0 Å². The van der Waals surface area contributed by atoms with E-state index in [9.17, 15) is 14.9 Å². The van der Waals surface area contributed by atoms with Crippen molar-refractivity contribution in [1.29, 1.82) is 0 Å². The van der Waals surface area contributed by atoms with Gasteiger partial charge >= 0.3 is 6.03 Å². The molecule has 0 spiro atoms.